The van der Waals surface area contributed by atoms with E-state index in [-0.39, 0.29) is 63.7 Å². The van der Waals surface area contributed by atoms with Gasteiger partial charge in [-0.2, -0.15) is 23.3 Å². The molecule has 38 heavy (non-hydrogen) atoms. The number of aromatic nitrogens is 4. The first-order chi connectivity index (χ1) is 17.7. The van der Waals surface area contributed by atoms with Crippen molar-refractivity contribution < 1.29 is 61.5 Å². The summed E-state index contributed by atoms with van der Waals surface area (Å²) in [7, 11) is 0. The van der Waals surface area contributed by atoms with Gasteiger partial charge in [0.1, 0.15) is 11.5 Å². The van der Waals surface area contributed by atoms with Gasteiger partial charge in [-0.05, 0) is 35.4 Å². The molecule has 0 bridgehead atoms. The molecule has 0 aliphatic carbocycles. The average molecular weight is 530 g/mol. The summed E-state index contributed by atoms with van der Waals surface area (Å²) in [6.07, 6.45) is -3.24. The zero-order chi connectivity index (χ0) is 26.2. The van der Waals surface area contributed by atoms with E-state index in [1.54, 1.807) is 24.3 Å². The summed E-state index contributed by atoms with van der Waals surface area (Å²) >= 11 is 0. The predicted molar refractivity (Wildman–Crippen MR) is 121 cm³/mol. The molecule has 2 heterocycles. The van der Waals surface area contributed by atoms with Gasteiger partial charge in [0.2, 0.25) is 5.82 Å². The second-order valence-corrected chi connectivity index (χ2v) is 8.04. The zero-order valence-corrected chi connectivity index (χ0v) is 21.7. The summed E-state index contributed by atoms with van der Waals surface area (Å²) in [6.45, 7) is 0.305. The molecule has 0 saturated carbocycles. The van der Waals surface area contributed by atoms with Crippen LogP contribution in [0.15, 0.2) is 83.5 Å². The molecule has 5 aromatic rings. The van der Waals surface area contributed by atoms with Crippen molar-refractivity contribution in [2.75, 3.05) is 0 Å². The monoisotopic (exact) mass is 530 g/mol. The van der Waals surface area contributed by atoms with Gasteiger partial charge in [0.05, 0.1) is 18.1 Å². The Labute approximate surface area is 235 Å². The largest absolute Gasteiger partial charge is 1.00 e. The Morgan fingerprint density at radius 1 is 0.947 bits per heavy atom. The number of aromatic carboxylic acids is 1. The van der Waals surface area contributed by atoms with Crippen molar-refractivity contribution in [2.45, 2.75) is 12.7 Å². The van der Waals surface area contributed by atoms with E-state index in [9.17, 15) is 27.5 Å². The smallest absolute Gasteiger partial charge is 0.543 e. The zero-order valence-electron chi connectivity index (χ0n) is 19.7. The Hall–Kier alpha value is -3.80. The van der Waals surface area contributed by atoms with Gasteiger partial charge in [-0.15, -0.1) is 0 Å². The molecule has 0 unspecified atom stereocenters. The molecule has 0 spiro atoms. The SMILES string of the molecule is O=C([O-])c1ccn(Cc2ccc(-c3noc(-c4ccc(-c5ccccc5F)c(C(F)(F)F)c4)n3)cc2)n1.[Na+]. The second-order valence-electron chi connectivity index (χ2n) is 8.04. The summed E-state index contributed by atoms with van der Waals surface area (Å²) in [6, 6.07) is 16.8. The van der Waals surface area contributed by atoms with Crippen molar-refractivity contribution in [3.63, 3.8) is 0 Å². The van der Waals surface area contributed by atoms with E-state index in [0.717, 1.165) is 17.7 Å². The molecule has 7 nitrogen and oxygen atoms in total. The molecule has 0 fully saturated rings. The van der Waals surface area contributed by atoms with E-state index < -0.39 is 23.5 Å². The molecular formula is C26H15F4N4NaO3. The topological polar surface area (TPSA) is 96.9 Å². The van der Waals surface area contributed by atoms with Crippen LogP contribution in [-0.4, -0.2) is 25.9 Å². The molecule has 0 atom stereocenters. The van der Waals surface area contributed by atoms with Gasteiger partial charge in [0.25, 0.3) is 5.89 Å². The quantitative estimate of drug-likeness (QED) is 0.246. The number of hydrogen-bond donors (Lipinski definition) is 0. The van der Waals surface area contributed by atoms with Crippen molar-refractivity contribution in [2.24, 2.45) is 0 Å². The van der Waals surface area contributed by atoms with Crippen molar-refractivity contribution in [1.82, 2.24) is 19.9 Å². The maximum absolute atomic E-state index is 14.2. The normalized spacial score (nSPS) is 11.3. The van der Waals surface area contributed by atoms with Crippen molar-refractivity contribution >= 4 is 5.97 Å². The van der Waals surface area contributed by atoms with Crippen LogP contribution in [0.5, 0.6) is 0 Å². The number of benzene rings is 3. The summed E-state index contributed by atoms with van der Waals surface area (Å²) in [4.78, 5) is 15.1. The molecule has 0 aliphatic heterocycles. The fourth-order valence-corrected chi connectivity index (χ4v) is 3.79. The van der Waals surface area contributed by atoms with Crippen LogP contribution in [0.1, 0.15) is 21.6 Å². The average Bonchev–Trinajstić information content (AvgIpc) is 3.55. The number of hydrogen-bond acceptors (Lipinski definition) is 6. The van der Waals surface area contributed by atoms with Gasteiger partial charge in [-0.1, -0.05) is 53.7 Å². The molecule has 0 aliphatic rings. The molecule has 0 radical (unpaired) electrons. The minimum absolute atomic E-state index is 0. The predicted octanol–water partition coefficient (Wildman–Crippen LogP) is 1.84. The van der Waals surface area contributed by atoms with Crippen LogP contribution in [0.25, 0.3) is 34.0 Å². The van der Waals surface area contributed by atoms with Crippen LogP contribution in [0.3, 0.4) is 0 Å². The maximum atomic E-state index is 14.2. The molecule has 0 N–H and O–H groups in total. The number of alkyl halides is 3. The van der Waals surface area contributed by atoms with E-state index in [2.05, 4.69) is 15.2 Å². The number of rotatable bonds is 6. The molecule has 2 aromatic heterocycles. The maximum Gasteiger partial charge on any atom is 1.00 e. The van der Waals surface area contributed by atoms with E-state index in [1.165, 1.54) is 47.3 Å². The van der Waals surface area contributed by atoms with Crippen molar-refractivity contribution in [3.05, 3.63) is 102 Å². The first-order valence-electron chi connectivity index (χ1n) is 10.8. The van der Waals surface area contributed by atoms with E-state index in [1.807, 2.05) is 0 Å². The van der Waals surface area contributed by atoms with E-state index >= 15 is 0 Å². The fourth-order valence-electron chi connectivity index (χ4n) is 3.79. The van der Waals surface area contributed by atoms with Crippen LogP contribution in [-0.2, 0) is 12.7 Å². The third kappa shape index (κ3) is 5.69. The Morgan fingerprint density at radius 2 is 1.66 bits per heavy atom. The number of carbonyl (C=O) groups excluding carboxylic acids is 1. The van der Waals surface area contributed by atoms with Gasteiger partial charge in [0, 0.05) is 22.9 Å². The van der Waals surface area contributed by atoms with Crippen LogP contribution in [0.4, 0.5) is 17.6 Å². The molecule has 12 heteroatoms. The standard InChI is InChI=1S/C26H16F4N4O3.Na/c27-21-4-2-1-3-19(21)18-10-9-17(13-20(18)26(28,29)30)24-31-23(33-37-24)16-7-5-15(6-8-16)14-34-12-11-22(32-34)25(35)36;/h1-13H,14H2,(H,35,36);/q;+1/p-1. The van der Waals surface area contributed by atoms with Gasteiger partial charge in [0.15, 0.2) is 0 Å². The second kappa shape index (κ2) is 10.9. The van der Waals surface area contributed by atoms with Gasteiger partial charge in [-0.3, -0.25) is 4.68 Å². The summed E-state index contributed by atoms with van der Waals surface area (Å²) < 4.78 is 62.4. The summed E-state index contributed by atoms with van der Waals surface area (Å²) in [5.74, 6) is -2.11. The number of carboxylic acid groups (broad SMARTS) is 1. The first kappa shape index (κ1) is 27.2. The minimum Gasteiger partial charge on any atom is -0.543 e. The van der Waals surface area contributed by atoms with Crippen LogP contribution < -0.4 is 34.7 Å². The van der Waals surface area contributed by atoms with Crippen LogP contribution in [0, 0.1) is 5.82 Å². The van der Waals surface area contributed by atoms with E-state index in [4.69, 9.17) is 4.52 Å². The van der Waals surface area contributed by atoms with Crippen LogP contribution in [0.2, 0.25) is 0 Å². The molecule has 0 amide bonds. The Balaban J connectivity index is 0.00000336. The number of halogens is 4. The molecular weight excluding hydrogens is 515 g/mol. The fraction of sp³-hybridized carbons (Fsp3) is 0.0769. The number of nitrogens with zero attached hydrogens (tertiary/aromatic N) is 4. The number of carbonyl (C=O) groups is 1. The summed E-state index contributed by atoms with van der Waals surface area (Å²) in [5.41, 5.74) is -0.281. The third-order valence-corrected chi connectivity index (χ3v) is 5.57. The Bertz CT molecular complexity index is 1600. The van der Waals surface area contributed by atoms with Gasteiger partial charge >= 0.3 is 35.7 Å². The summed E-state index contributed by atoms with van der Waals surface area (Å²) in [5, 5.41) is 18.6. The van der Waals surface area contributed by atoms with E-state index in [0.29, 0.717) is 12.1 Å². The molecule has 0 saturated heterocycles. The Morgan fingerprint density at radius 3 is 2.32 bits per heavy atom. The minimum atomic E-state index is -4.75. The van der Waals surface area contributed by atoms with Gasteiger partial charge < -0.3 is 14.4 Å². The van der Waals surface area contributed by atoms with Crippen molar-refractivity contribution in [1.29, 1.82) is 0 Å². The molecule has 3 aromatic carbocycles. The number of carboxylic acids is 1. The van der Waals surface area contributed by atoms with Crippen molar-refractivity contribution in [3.8, 4) is 34.0 Å². The third-order valence-electron chi connectivity index (χ3n) is 5.57. The Kier molecular flexibility index (Phi) is 7.81. The van der Waals surface area contributed by atoms with Crippen LogP contribution >= 0.6 is 0 Å². The molecule has 5 rings (SSSR count). The molecule has 186 valence electrons. The van der Waals surface area contributed by atoms with Gasteiger partial charge in [-0.25, -0.2) is 4.39 Å². The first-order valence-corrected chi connectivity index (χ1v) is 10.8.